The van der Waals surface area contributed by atoms with Gasteiger partial charge in [-0.2, -0.15) is 0 Å². The fourth-order valence-corrected chi connectivity index (χ4v) is 3.69. The number of benzene rings is 2. The summed E-state index contributed by atoms with van der Waals surface area (Å²) in [6.45, 7) is 1.46. The maximum Gasteiger partial charge on any atom is 0.341 e. The highest BCUT2D eigenvalue weighted by Gasteiger charge is 2.25. The fraction of sp³-hybridized carbons (Fsp3) is 0.364. The van der Waals surface area contributed by atoms with Crippen molar-refractivity contribution in [2.24, 2.45) is 0 Å². The van der Waals surface area contributed by atoms with Crippen LogP contribution in [-0.4, -0.2) is 55.8 Å². The zero-order valence-corrected chi connectivity index (χ0v) is 17.3. The van der Waals surface area contributed by atoms with Crippen molar-refractivity contribution in [3.8, 4) is 11.5 Å². The van der Waals surface area contributed by atoms with Crippen molar-refractivity contribution in [2.45, 2.75) is 18.9 Å². The average molecular weight is 441 g/mol. The molecule has 1 atom stereocenters. The highest BCUT2D eigenvalue weighted by atomic mass is 16.6. The molecule has 1 saturated heterocycles. The number of nitro groups is 1. The molecule has 2 aromatic carbocycles. The number of fused-ring (bicyclic) bond motifs is 1. The van der Waals surface area contributed by atoms with Gasteiger partial charge in [0, 0.05) is 25.2 Å². The molecule has 1 fully saturated rings. The first-order valence-corrected chi connectivity index (χ1v) is 10.4. The van der Waals surface area contributed by atoms with Crippen LogP contribution < -0.4 is 19.7 Å². The quantitative estimate of drug-likeness (QED) is 0.395. The molecule has 2 aliphatic heterocycles. The number of nitrogens with zero attached hydrogens (tertiary/aromatic N) is 2. The maximum absolute atomic E-state index is 12.6. The Morgan fingerprint density at radius 2 is 1.91 bits per heavy atom. The van der Waals surface area contributed by atoms with Gasteiger partial charge in [-0.3, -0.25) is 14.9 Å². The van der Waals surface area contributed by atoms with Crippen molar-refractivity contribution in [3.05, 3.63) is 58.1 Å². The molecular weight excluding hydrogens is 418 g/mol. The number of hydrogen-bond donors (Lipinski definition) is 1. The van der Waals surface area contributed by atoms with Crippen LogP contribution in [0.2, 0.25) is 0 Å². The first-order chi connectivity index (χ1) is 15.5. The number of nitro benzene ring substituents is 1. The van der Waals surface area contributed by atoms with Gasteiger partial charge in [-0.05, 0) is 31.0 Å². The molecule has 10 heteroatoms. The largest absolute Gasteiger partial charge is 0.486 e. The van der Waals surface area contributed by atoms with E-state index in [2.05, 4.69) is 5.32 Å². The van der Waals surface area contributed by atoms with Gasteiger partial charge in [-0.1, -0.05) is 12.1 Å². The van der Waals surface area contributed by atoms with E-state index in [-0.39, 0.29) is 30.5 Å². The molecule has 32 heavy (non-hydrogen) atoms. The Morgan fingerprint density at radius 3 is 2.66 bits per heavy atom. The number of esters is 1. The average Bonchev–Trinajstić information content (AvgIpc) is 3.35. The molecule has 2 heterocycles. The predicted molar refractivity (Wildman–Crippen MR) is 114 cm³/mol. The van der Waals surface area contributed by atoms with Crippen LogP contribution in [-0.2, 0) is 9.53 Å². The van der Waals surface area contributed by atoms with Gasteiger partial charge in [0.2, 0.25) is 0 Å². The summed E-state index contributed by atoms with van der Waals surface area (Å²) in [6, 6.07) is 11.4. The van der Waals surface area contributed by atoms with E-state index in [0.717, 1.165) is 25.9 Å². The smallest absolute Gasteiger partial charge is 0.341 e. The van der Waals surface area contributed by atoms with Gasteiger partial charge in [0.05, 0.1) is 22.7 Å². The molecule has 1 unspecified atom stereocenters. The number of ether oxygens (including phenoxy) is 3. The van der Waals surface area contributed by atoms with Crippen LogP contribution in [0.15, 0.2) is 42.5 Å². The van der Waals surface area contributed by atoms with Crippen molar-refractivity contribution in [1.29, 1.82) is 0 Å². The van der Waals surface area contributed by atoms with Crippen LogP contribution in [0, 0.1) is 10.1 Å². The van der Waals surface area contributed by atoms with E-state index in [9.17, 15) is 19.7 Å². The van der Waals surface area contributed by atoms with Crippen LogP contribution in [0.4, 0.5) is 11.4 Å². The molecule has 0 radical (unpaired) electrons. The second-order valence-corrected chi connectivity index (χ2v) is 7.53. The summed E-state index contributed by atoms with van der Waals surface area (Å²) in [5.74, 6) is -0.0369. The van der Waals surface area contributed by atoms with E-state index in [1.165, 1.54) is 12.1 Å². The lowest BCUT2D eigenvalue weighted by Crippen LogP contribution is -2.42. The van der Waals surface area contributed by atoms with Crippen LogP contribution >= 0.6 is 0 Å². The number of rotatable bonds is 7. The zero-order chi connectivity index (χ0) is 22.5. The van der Waals surface area contributed by atoms with E-state index < -0.39 is 23.4 Å². The monoisotopic (exact) mass is 441 g/mol. The highest BCUT2D eigenvalue weighted by Crippen LogP contribution is 2.31. The first-order valence-electron chi connectivity index (χ1n) is 10.4. The molecular formula is C22H23N3O7. The molecule has 168 valence electrons. The standard InChI is InChI=1S/C22H23N3O7/c26-21(23-12-16-13-30-19-5-1-2-6-20(19)32-16)14-31-22(27)17-11-15(25(28)29)7-8-18(17)24-9-3-4-10-24/h1-2,5-8,11,16H,3-4,9-10,12-14H2,(H,23,26). The minimum absolute atomic E-state index is 0.0783. The van der Waals surface area contributed by atoms with Crippen LogP contribution in [0.3, 0.4) is 0 Å². The van der Waals surface area contributed by atoms with E-state index >= 15 is 0 Å². The molecule has 0 saturated carbocycles. The van der Waals surface area contributed by atoms with Crippen LogP contribution in [0.5, 0.6) is 11.5 Å². The Hall–Kier alpha value is -3.82. The van der Waals surface area contributed by atoms with Crippen molar-refractivity contribution < 1.29 is 28.7 Å². The van der Waals surface area contributed by atoms with Crippen molar-refractivity contribution in [2.75, 3.05) is 37.7 Å². The molecule has 0 bridgehead atoms. The second kappa shape index (κ2) is 9.54. The lowest BCUT2D eigenvalue weighted by molar-refractivity contribution is -0.384. The van der Waals surface area contributed by atoms with Gasteiger partial charge < -0.3 is 24.4 Å². The normalized spacial score (nSPS) is 17.0. The number of carbonyl (C=O) groups excluding carboxylic acids is 2. The van der Waals surface area contributed by atoms with E-state index in [1.807, 2.05) is 17.0 Å². The Morgan fingerprint density at radius 1 is 1.16 bits per heavy atom. The van der Waals surface area contributed by atoms with Gasteiger partial charge in [0.1, 0.15) is 12.7 Å². The van der Waals surface area contributed by atoms with Crippen LogP contribution in [0.25, 0.3) is 0 Å². The number of anilines is 1. The topological polar surface area (TPSA) is 120 Å². The molecule has 1 N–H and O–H groups in total. The minimum Gasteiger partial charge on any atom is -0.486 e. The summed E-state index contributed by atoms with van der Waals surface area (Å²) in [5, 5.41) is 13.8. The molecule has 1 amide bonds. The lowest BCUT2D eigenvalue weighted by atomic mass is 10.1. The third kappa shape index (κ3) is 4.90. The number of amides is 1. The van der Waals surface area contributed by atoms with Crippen LogP contribution in [0.1, 0.15) is 23.2 Å². The third-order valence-corrected chi connectivity index (χ3v) is 5.29. The summed E-state index contributed by atoms with van der Waals surface area (Å²) in [7, 11) is 0. The maximum atomic E-state index is 12.6. The number of nitrogens with one attached hydrogen (secondary N) is 1. The predicted octanol–water partition coefficient (Wildman–Crippen LogP) is 2.31. The van der Waals surface area contributed by atoms with E-state index in [0.29, 0.717) is 17.2 Å². The molecule has 10 nitrogen and oxygen atoms in total. The second-order valence-electron chi connectivity index (χ2n) is 7.53. The summed E-state index contributed by atoms with van der Waals surface area (Å²) in [4.78, 5) is 37.4. The molecule has 2 aromatic rings. The van der Waals surface area contributed by atoms with Gasteiger partial charge in [0.25, 0.3) is 11.6 Å². The summed E-state index contributed by atoms with van der Waals surface area (Å²) in [6.07, 6.45) is 1.58. The van der Waals surface area contributed by atoms with Crippen molar-refractivity contribution in [3.63, 3.8) is 0 Å². The number of para-hydroxylation sites is 2. The van der Waals surface area contributed by atoms with Gasteiger partial charge in [-0.15, -0.1) is 0 Å². The van der Waals surface area contributed by atoms with Crippen molar-refractivity contribution >= 4 is 23.3 Å². The minimum atomic E-state index is -0.781. The number of carbonyl (C=O) groups is 2. The number of hydrogen-bond acceptors (Lipinski definition) is 8. The Kier molecular flexibility index (Phi) is 6.39. The highest BCUT2D eigenvalue weighted by molar-refractivity contribution is 5.97. The Balaban J connectivity index is 1.32. The molecule has 0 spiro atoms. The van der Waals surface area contributed by atoms with Gasteiger partial charge in [-0.25, -0.2) is 4.79 Å². The lowest BCUT2D eigenvalue weighted by Gasteiger charge is -2.26. The molecule has 0 aromatic heterocycles. The summed E-state index contributed by atoms with van der Waals surface area (Å²) >= 11 is 0. The van der Waals surface area contributed by atoms with Crippen molar-refractivity contribution in [1.82, 2.24) is 5.32 Å². The summed E-state index contributed by atoms with van der Waals surface area (Å²) < 4.78 is 16.5. The van der Waals surface area contributed by atoms with E-state index in [1.54, 1.807) is 18.2 Å². The fourth-order valence-electron chi connectivity index (χ4n) is 3.69. The molecule has 4 rings (SSSR count). The summed E-state index contributed by atoms with van der Waals surface area (Å²) in [5.41, 5.74) is 0.443. The first kappa shape index (κ1) is 21.4. The molecule has 2 aliphatic rings. The molecule has 0 aliphatic carbocycles. The van der Waals surface area contributed by atoms with Gasteiger partial charge in [0.15, 0.2) is 18.1 Å². The third-order valence-electron chi connectivity index (χ3n) is 5.29. The van der Waals surface area contributed by atoms with E-state index in [4.69, 9.17) is 14.2 Å². The van der Waals surface area contributed by atoms with Gasteiger partial charge >= 0.3 is 5.97 Å². The Labute approximate surface area is 184 Å². The Bertz CT molecular complexity index is 1020. The zero-order valence-electron chi connectivity index (χ0n) is 17.3. The SMILES string of the molecule is O=C(COC(=O)c1cc([N+](=O)[O-])ccc1N1CCCC1)NCC1COc2ccccc2O1. The number of non-ortho nitro benzene ring substituents is 1.